The number of nitrogens with two attached hydrogens (primary N) is 1. The average molecular weight is 328 g/mol. The Labute approximate surface area is 142 Å². The molecule has 1 aromatic carbocycles. The van der Waals surface area contributed by atoms with Crippen LogP contribution in [-0.2, 0) is 11.2 Å². The van der Waals surface area contributed by atoms with Crippen LogP contribution in [0, 0.1) is 0 Å². The van der Waals surface area contributed by atoms with E-state index in [0.29, 0.717) is 12.3 Å². The topological polar surface area (TPSA) is 99.7 Å². The Morgan fingerprint density at radius 1 is 1.25 bits per heavy atom. The van der Waals surface area contributed by atoms with Gasteiger partial charge in [-0.3, -0.25) is 10.1 Å². The molecule has 0 radical (unpaired) electrons. The summed E-state index contributed by atoms with van der Waals surface area (Å²) in [6.07, 6.45) is 10.4. The van der Waals surface area contributed by atoms with Crippen LogP contribution in [0.15, 0.2) is 53.7 Å². The summed E-state index contributed by atoms with van der Waals surface area (Å²) in [4.78, 5) is 14.9. The van der Waals surface area contributed by atoms with E-state index in [-0.39, 0.29) is 12.6 Å². The molecule has 1 unspecified atom stereocenters. The minimum Gasteiger partial charge on any atom is -0.481 e. The number of carboxylic acids is 1. The molecule has 0 aliphatic carbocycles. The van der Waals surface area contributed by atoms with E-state index in [0.717, 1.165) is 30.6 Å². The molecule has 0 amide bonds. The largest absolute Gasteiger partial charge is 0.481 e. The molecule has 1 aliphatic heterocycles. The van der Waals surface area contributed by atoms with Crippen molar-refractivity contribution in [3.8, 4) is 0 Å². The maximum atomic E-state index is 10.6. The van der Waals surface area contributed by atoms with Gasteiger partial charge < -0.3 is 16.2 Å². The number of aliphatic imine (C=N–C) groups is 1. The van der Waals surface area contributed by atoms with Gasteiger partial charge in [0.25, 0.3) is 0 Å². The fourth-order valence-electron chi connectivity index (χ4n) is 2.31. The van der Waals surface area contributed by atoms with Crippen LogP contribution < -0.4 is 16.4 Å². The Hall–Kier alpha value is -2.60. The molecule has 1 aromatic rings. The van der Waals surface area contributed by atoms with Crippen molar-refractivity contribution in [3.63, 3.8) is 0 Å². The van der Waals surface area contributed by atoms with E-state index >= 15 is 0 Å². The van der Waals surface area contributed by atoms with Gasteiger partial charge in [-0.1, -0.05) is 18.2 Å². The second-order valence-electron chi connectivity index (χ2n) is 5.61. The molecule has 1 atom stereocenters. The lowest BCUT2D eigenvalue weighted by atomic mass is 10.1. The molecule has 0 saturated carbocycles. The molecule has 5 N–H and O–H groups in total. The molecular formula is C18H24N4O2. The highest BCUT2D eigenvalue weighted by molar-refractivity contribution is 5.83. The number of carboxylic acid groups (broad SMARTS) is 1. The number of hydrogen-bond acceptors (Lipinski definition) is 4. The van der Waals surface area contributed by atoms with Crippen LogP contribution >= 0.6 is 0 Å². The number of nitrogens with one attached hydrogen (secondary N) is 2. The summed E-state index contributed by atoms with van der Waals surface area (Å²) in [6.45, 7) is 0.847. The summed E-state index contributed by atoms with van der Waals surface area (Å²) in [7, 11) is 0. The number of rotatable bonds is 9. The smallest absolute Gasteiger partial charge is 0.303 e. The molecule has 6 nitrogen and oxygen atoms in total. The lowest BCUT2D eigenvalue weighted by Gasteiger charge is -2.17. The SMILES string of the molecule is NC(CCCNC1C=CC=CN1)=Nc1ccc(CCC(=O)O)cc1. The summed E-state index contributed by atoms with van der Waals surface area (Å²) in [6, 6.07) is 7.52. The zero-order chi connectivity index (χ0) is 17.2. The van der Waals surface area contributed by atoms with Crippen LogP contribution in [-0.4, -0.2) is 29.6 Å². The summed E-state index contributed by atoms with van der Waals surface area (Å²) in [5.74, 6) is -0.188. The zero-order valence-electron chi connectivity index (χ0n) is 13.6. The number of aliphatic carboxylic acids is 1. The number of dihydropyridines is 1. The highest BCUT2D eigenvalue weighted by Gasteiger charge is 2.03. The van der Waals surface area contributed by atoms with Crippen molar-refractivity contribution in [1.82, 2.24) is 10.6 Å². The molecule has 0 bridgehead atoms. The first kappa shape index (κ1) is 17.7. The number of benzene rings is 1. The number of amidine groups is 1. The van der Waals surface area contributed by atoms with Gasteiger partial charge in [-0.05, 0) is 55.4 Å². The van der Waals surface area contributed by atoms with E-state index in [9.17, 15) is 4.79 Å². The van der Waals surface area contributed by atoms with Crippen molar-refractivity contribution in [2.45, 2.75) is 31.8 Å². The molecule has 0 aromatic heterocycles. The molecule has 0 saturated heterocycles. The number of hydrogen-bond donors (Lipinski definition) is 4. The summed E-state index contributed by atoms with van der Waals surface area (Å²) >= 11 is 0. The molecule has 24 heavy (non-hydrogen) atoms. The zero-order valence-corrected chi connectivity index (χ0v) is 13.6. The highest BCUT2D eigenvalue weighted by Crippen LogP contribution is 2.14. The number of carbonyl (C=O) groups is 1. The van der Waals surface area contributed by atoms with Gasteiger partial charge in [0.2, 0.25) is 0 Å². The molecule has 6 heteroatoms. The Balaban J connectivity index is 1.71. The lowest BCUT2D eigenvalue weighted by Crippen LogP contribution is -2.39. The maximum absolute atomic E-state index is 10.6. The van der Waals surface area contributed by atoms with Gasteiger partial charge >= 0.3 is 5.97 Å². The first-order chi connectivity index (χ1) is 11.6. The minimum absolute atomic E-state index is 0.137. The van der Waals surface area contributed by atoms with Gasteiger partial charge in [-0.2, -0.15) is 0 Å². The van der Waals surface area contributed by atoms with Crippen molar-refractivity contribution in [2.75, 3.05) is 6.54 Å². The highest BCUT2D eigenvalue weighted by atomic mass is 16.4. The molecule has 1 aliphatic rings. The second kappa shape index (κ2) is 9.52. The van der Waals surface area contributed by atoms with Gasteiger partial charge in [0, 0.05) is 12.8 Å². The van der Waals surface area contributed by atoms with E-state index in [1.165, 1.54) is 0 Å². The third-order valence-corrected chi connectivity index (χ3v) is 3.60. The molecule has 0 fully saturated rings. The maximum Gasteiger partial charge on any atom is 0.303 e. The van der Waals surface area contributed by atoms with Crippen molar-refractivity contribution in [3.05, 3.63) is 54.3 Å². The van der Waals surface area contributed by atoms with Gasteiger partial charge in [-0.15, -0.1) is 0 Å². The lowest BCUT2D eigenvalue weighted by molar-refractivity contribution is -0.136. The number of nitrogens with zero attached hydrogens (tertiary/aromatic N) is 1. The molecule has 128 valence electrons. The van der Waals surface area contributed by atoms with Crippen molar-refractivity contribution < 1.29 is 9.90 Å². The summed E-state index contributed by atoms with van der Waals surface area (Å²) < 4.78 is 0. The van der Waals surface area contributed by atoms with Crippen LogP contribution in [0.3, 0.4) is 0 Å². The van der Waals surface area contributed by atoms with Crippen LogP contribution in [0.1, 0.15) is 24.8 Å². The van der Waals surface area contributed by atoms with Crippen LogP contribution in [0.4, 0.5) is 5.69 Å². The Morgan fingerprint density at radius 2 is 2.04 bits per heavy atom. The fourth-order valence-corrected chi connectivity index (χ4v) is 2.31. The van der Waals surface area contributed by atoms with E-state index in [1.807, 2.05) is 42.6 Å². The van der Waals surface area contributed by atoms with Gasteiger partial charge in [0.15, 0.2) is 0 Å². The normalized spacial score (nSPS) is 16.8. The number of allylic oxidation sites excluding steroid dienone is 2. The third kappa shape index (κ3) is 6.66. The van der Waals surface area contributed by atoms with Gasteiger partial charge in [-0.25, -0.2) is 4.99 Å². The van der Waals surface area contributed by atoms with Crippen LogP contribution in [0.25, 0.3) is 0 Å². The van der Waals surface area contributed by atoms with Gasteiger partial charge in [0.1, 0.15) is 0 Å². The summed E-state index contributed by atoms with van der Waals surface area (Å²) in [5.41, 5.74) is 7.75. The van der Waals surface area contributed by atoms with Gasteiger partial charge in [0.05, 0.1) is 17.7 Å². The van der Waals surface area contributed by atoms with E-state index in [4.69, 9.17) is 10.8 Å². The first-order valence-electron chi connectivity index (χ1n) is 8.10. The Morgan fingerprint density at radius 3 is 2.71 bits per heavy atom. The van der Waals surface area contributed by atoms with Crippen molar-refractivity contribution in [1.29, 1.82) is 0 Å². The van der Waals surface area contributed by atoms with E-state index in [1.54, 1.807) is 0 Å². The second-order valence-corrected chi connectivity index (χ2v) is 5.61. The number of aryl methyl sites for hydroxylation is 1. The van der Waals surface area contributed by atoms with Crippen LogP contribution in [0.2, 0.25) is 0 Å². The molecular weight excluding hydrogens is 304 g/mol. The average Bonchev–Trinajstić information content (AvgIpc) is 2.59. The first-order valence-corrected chi connectivity index (χ1v) is 8.10. The predicted octanol–water partition coefficient (Wildman–Crippen LogP) is 2.06. The molecule has 0 spiro atoms. The predicted molar refractivity (Wildman–Crippen MR) is 96.1 cm³/mol. The molecule has 1 heterocycles. The monoisotopic (exact) mass is 328 g/mol. The summed E-state index contributed by atoms with van der Waals surface area (Å²) in [5, 5.41) is 15.2. The quantitative estimate of drug-likeness (QED) is 0.316. The fraction of sp³-hybridized carbons (Fsp3) is 0.333. The van der Waals surface area contributed by atoms with E-state index < -0.39 is 5.97 Å². The van der Waals surface area contributed by atoms with E-state index in [2.05, 4.69) is 21.7 Å². The third-order valence-electron chi connectivity index (χ3n) is 3.60. The van der Waals surface area contributed by atoms with Crippen LogP contribution in [0.5, 0.6) is 0 Å². The Kier molecular flexibility index (Phi) is 7.04. The minimum atomic E-state index is -0.787. The molecule has 2 rings (SSSR count). The van der Waals surface area contributed by atoms with Crippen molar-refractivity contribution in [2.24, 2.45) is 10.7 Å². The standard InChI is InChI=1S/C18H24N4O2/c19-16(4-3-13-21-17-5-1-2-12-20-17)22-15-9-6-14(7-10-15)8-11-18(23)24/h1-2,5-7,9-10,12,17,20-21H,3-4,8,11,13H2,(H2,19,22)(H,23,24). The van der Waals surface area contributed by atoms with Crippen molar-refractivity contribution >= 4 is 17.5 Å². The Bertz CT molecular complexity index is 620.